The first kappa shape index (κ1) is 11.5. The van der Waals surface area contributed by atoms with E-state index in [9.17, 15) is 19.5 Å². The second-order valence-corrected chi connectivity index (χ2v) is 6.22. The number of hydrogen-bond acceptors (Lipinski definition) is 4. The standard InChI is InChI=1S/C20H28N2O4/c1-12(2)18(24)16(23)11-13(3)19(25)21-17-15-8-6-5-7-14(15)9-10-22(4)20(17)26/h5-8,12-13,17-18,24H,9-11H2,1-4H3,(H,21,25)/t13-,17+,18+/m1/s1/i1D3,10D2,12D,17D,18D/t12?,13-,17+,18+. The summed E-state index contributed by atoms with van der Waals surface area (Å²) in [7, 11) is 1.17. The maximum atomic E-state index is 13.1. The molecule has 26 heavy (non-hydrogen) atoms. The molecule has 0 aromatic heterocycles. The number of fused-ring (bicyclic) bond motifs is 1. The third-order valence-electron chi connectivity index (χ3n) is 4.12. The minimum Gasteiger partial charge on any atom is -0.385 e. The molecule has 0 aliphatic carbocycles. The quantitative estimate of drug-likeness (QED) is 0.796. The Hall–Kier alpha value is -2.21. The Morgan fingerprint density at radius 1 is 1.50 bits per heavy atom. The van der Waals surface area contributed by atoms with Crippen molar-refractivity contribution in [2.24, 2.45) is 11.8 Å². The van der Waals surface area contributed by atoms with E-state index in [-0.39, 0.29) is 12.0 Å². The van der Waals surface area contributed by atoms with Crippen molar-refractivity contribution in [3.05, 3.63) is 35.4 Å². The monoisotopic (exact) mass is 368 g/mol. The molecule has 2 amide bonds. The summed E-state index contributed by atoms with van der Waals surface area (Å²) < 4.78 is 62.9. The van der Waals surface area contributed by atoms with E-state index < -0.39 is 61.3 Å². The lowest BCUT2D eigenvalue weighted by molar-refractivity contribution is -0.137. The van der Waals surface area contributed by atoms with E-state index in [0.717, 1.165) is 11.8 Å². The molecule has 0 fully saturated rings. The summed E-state index contributed by atoms with van der Waals surface area (Å²) in [5.74, 6) is -7.62. The molecule has 0 bridgehead atoms. The average Bonchev–Trinajstić information content (AvgIpc) is 2.75. The SMILES string of the molecule is [2H]C1([2H])Cc2ccccc2[C@]([2H])(NC(=O)[C@H](C)CC(=O)[C@@]([2H])(O)C([2H])(C)C([2H])([2H])[2H])C(=O)N1C. The number of Topliss-reactive ketones (excluding diaryl/α,β-unsaturated/α-hetero) is 1. The summed E-state index contributed by atoms with van der Waals surface area (Å²) in [4.78, 5) is 39.3. The molecule has 1 unspecified atom stereocenters. The van der Waals surface area contributed by atoms with Crippen molar-refractivity contribution in [3.63, 3.8) is 0 Å². The topological polar surface area (TPSA) is 86.7 Å². The van der Waals surface area contributed by atoms with Gasteiger partial charge in [0.1, 0.15) is 12.1 Å². The molecule has 1 aromatic carbocycles. The zero-order valence-electron chi connectivity index (χ0n) is 22.9. The Labute approximate surface area is 165 Å². The molecule has 1 aliphatic rings. The molecule has 0 radical (unpaired) electrons. The highest BCUT2D eigenvalue weighted by atomic mass is 16.3. The van der Waals surface area contributed by atoms with Gasteiger partial charge in [0, 0.05) is 34.1 Å². The van der Waals surface area contributed by atoms with Crippen LogP contribution >= 0.6 is 0 Å². The number of nitrogens with zero attached hydrogens (tertiary/aromatic N) is 1. The van der Waals surface area contributed by atoms with Crippen molar-refractivity contribution in [1.29, 1.82) is 0 Å². The molecular weight excluding hydrogens is 332 g/mol. The molecule has 4 atom stereocenters. The first-order valence-electron chi connectivity index (χ1n) is 12.1. The van der Waals surface area contributed by atoms with Gasteiger partial charge in [0.15, 0.2) is 5.78 Å². The largest absolute Gasteiger partial charge is 0.385 e. The molecule has 2 rings (SSSR count). The van der Waals surface area contributed by atoms with Crippen LogP contribution < -0.4 is 5.32 Å². The number of rotatable bonds is 6. The van der Waals surface area contributed by atoms with Gasteiger partial charge in [-0.2, -0.15) is 0 Å². The minimum atomic E-state index is -3.35. The molecule has 1 aliphatic heterocycles. The molecule has 0 spiro atoms. The van der Waals surface area contributed by atoms with Gasteiger partial charge in [-0.3, -0.25) is 14.4 Å². The number of aryl methyl sites for hydroxylation is 1. The van der Waals surface area contributed by atoms with E-state index in [1.165, 1.54) is 32.2 Å². The Bertz CT molecular complexity index is 995. The molecule has 142 valence electrons. The number of carbonyl (C=O) groups excluding carboxylic acids is 3. The van der Waals surface area contributed by atoms with Gasteiger partial charge < -0.3 is 15.3 Å². The van der Waals surface area contributed by atoms with Crippen LogP contribution in [0.5, 0.6) is 0 Å². The number of hydrogen-bond donors (Lipinski definition) is 2. The lowest BCUT2D eigenvalue weighted by Gasteiger charge is -2.24. The van der Waals surface area contributed by atoms with E-state index in [4.69, 9.17) is 11.0 Å². The summed E-state index contributed by atoms with van der Waals surface area (Å²) in [5, 5.41) is 12.5. The normalized spacial score (nSPS) is 32.8. The van der Waals surface area contributed by atoms with Gasteiger partial charge in [0.2, 0.25) is 11.8 Å². The van der Waals surface area contributed by atoms with E-state index in [1.54, 1.807) is 6.07 Å². The van der Waals surface area contributed by atoms with E-state index in [2.05, 4.69) is 5.32 Å². The van der Waals surface area contributed by atoms with Crippen molar-refractivity contribution in [3.8, 4) is 0 Å². The fourth-order valence-electron chi connectivity index (χ4n) is 2.52. The smallest absolute Gasteiger partial charge is 0.249 e. The second-order valence-electron chi connectivity index (χ2n) is 6.22. The highest BCUT2D eigenvalue weighted by Crippen LogP contribution is 2.25. The maximum absolute atomic E-state index is 13.1. The van der Waals surface area contributed by atoms with Gasteiger partial charge in [-0.15, -0.1) is 0 Å². The summed E-state index contributed by atoms with van der Waals surface area (Å²) in [5.41, 5.74) is 0.380. The third-order valence-corrected chi connectivity index (χ3v) is 4.12. The van der Waals surface area contributed by atoms with Crippen LogP contribution in [-0.4, -0.2) is 47.2 Å². The predicted molar refractivity (Wildman–Crippen MR) is 98.3 cm³/mol. The summed E-state index contributed by atoms with van der Waals surface area (Å²) >= 11 is 0. The Kier molecular flexibility index (Phi) is 3.73. The Balaban J connectivity index is 2.34. The fraction of sp³-hybridized carbons (Fsp3) is 0.550. The number of aliphatic hydroxyl groups is 1. The molecule has 6 nitrogen and oxygen atoms in total. The molecule has 6 heteroatoms. The maximum Gasteiger partial charge on any atom is 0.249 e. The Morgan fingerprint density at radius 3 is 2.88 bits per heavy atom. The fourth-order valence-corrected chi connectivity index (χ4v) is 2.52. The van der Waals surface area contributed by atoms with E-state index >= 15 is 0 Å². The van der Waals surface area contributed by atoms with Crippen LogP contribution in [0.15, 0.2) is 24.3 Å². The second kappa shape index (κ2) is 8.45. The lowest BCUT2D eigenvalue weighted by Crippen LogP contribution is -2.43. The van der Waals surface area contributed by atoms with Crippen LogP contribution in [0.3, 0.4) is 0 Å². The third kappa shape index (κ3) is 4.49. The van der Waals surface area contributed by atoms with Crippen LogP contribution in [0.2, 0.25) is 0 Å². The van der Waals surface area contributed by atoms with Crippen LogP contribution in [0.1, 0.15) is 55.2 Å². The summed E-state index contributed by atoms with van der Waals surface area (Å²) in [6, 6.07) is 3.65. The minimum absolute atomic E-state index is 0.0539. The van der Waals surface area contributed by atoms with Gasteiger partial charge in [-0.05, 0) is 23.4 Å². The first-order valence-corrected chi connectivity index (χ1v) is 8.14. The van der Waals surface area contributed by atoms with Crippen molar-refractivity contribution in [2.45, 2.75) is 45.6 Å². The lowest BCUT2D eigenvalue weighted by atomic mass is 9.94. The van der Waals surface area contributed by atoms with Gasteiger partial charge in [0.25, 0.3) is 0 Å². The van der Waals surface area contributed by atoms with Gasteiger partial charge in [0.05, 0.1) is 2.74 Å². The molecule has 0 saturated carbocycles. The van der Waals surface area contributed by atoms with Gasteiger partial charge in [-0.25, -0.2) is 0 Å². The van der Waals surface area contributed by atoms with Crippen LogP contribution in [0.25, 0.3) is 0 Å². The molecule has 1 heterocycles. The molecule has 2 N–H and O–H groups in total. The highest BCUT2D eigenvalue weighted by Gasteiger charge is 2.32. The van der Waals surface area contributed by atoms with Crippen molar-refractivity contribution in [1.82, 2.24) is 10.2 Å². The first-order chi connectivity index (χ1) is 15.2. The van der Waals surface area contributed by atoms with Gasteiger partial charge >= 0.3 is 0 Å². The van der Waals surface area contributed by atoms with Gasteiger partial charge in [-0.1, -0.05) is 45.0 Å². The zero-order chi connectivity index (χ0) is 26.5. The number of likely N-dealkylation sites (N-methyl/N-ethyl adjacent to an activating group) is 1. The average molecular weight is 369 g/mol. The number of nitrogens with one attached hydrogen (secondary N) is 1. The summed E-state index contributed by atoms with van der Waals surface area (Å²) in [6.07, 6.45) is -4.41. The van der Waals surface area contributed by atoms with E-state index in [1.807, 2.05) is 0 Å². The van der Waals surface area contributed by atoms with Crippen LogP contribution in [0, 0.1) is 11.8 Å². The highest BCUT2D eigenvalue weighted by molar-refractivity contribution is 5.92. The number of benzene rings is 1. The number of ketones is 1. The van der Waals surface area contributed by atoms with Crippen molar-refractivity contribution >= 4 is 17.6 Å². The predicted octanol–water partition coefficient (Wildman–Crippen LogP) is 1.47. The molecular formula is C20H28N2O4. The zero-order valence-corrected chi connectivity index (χ0v) is 14.9. The van der Waals surface area contributed by atoms with Crippen LogP contribution in [-0.2, 0) is 20.8 Å². The van der Waals surface area contributed by atoms with E-state index in [0.29, 0.717) is 5.56 Å². The Morgan fingerprint density at radius 2 is 2.19 bits per heavy atom. The molecule has 1 aromatic rings. The van der Waals surface area contributed by atoms with Crippen LogP contribution in [0.4, 0.5) is 0 Å². The molecule has 0 saturated heterocycles. The summed E-state index contributed by atoms with van der Waals surface area (Å²) in [6.45, 7) is -3.37. The van der Waals surface area contributed by atoms with Crippen molar-refractivity contribution in [2.75, 3.05) is 13.5 Å². The number of amides is 2. The van der Waals surface area contributed by atoms with Crippen molar-refractivity contribution < 1.29 is 30.5 Å². The number of carbonyl (C=O) groups is 3.